The van der Waals surface area contributed by atoms with E-state index in [2.05, 4.69) is 12.0 Å². The maximum atomic E-state index is 12.5. The van der Waals surface area contributed by atoms with Crippen molar-refractivity contribution < 1.29 is 9.53 Å². The number of hydrogen-bond donors (Lipinski definition) is 0. The third kappa shape index (κ3) is 2.12. The van der Waals surface area contributed by atoms with Crippen LogP contribution in [0.2, 0.25) is 0 Å². The molecule has 4 aliphatic carbocycles. The Bertz CT molecular complexity index is 706. The number of hydrogen-bond acceptors (Lipinski definition) is 3. The zero-order valence-corrected chi connectivity index (χ0v) is 15.1. The van der Waals surface area contributed by atoms with Gasteiger partial charge in [-0.15, -0.1) is 5.10 Å². The fraction of sp³-hybridized carbons (Fsp3) is 0.619. The molecule has 1 amide bonds. The molecule has 1 aromatic rings. The van der Waals surface area contributed by atoms with Gasteiger partial charge >= 0.3 is 0 Å². The SMILES string of the molecule is CC(=O)N1N=C(c2ccccc2)O[C@]1(C)C12CC3CC(CC(C3)C1)C2. The highest BCUT2D eigenvalue weighted by molar-refractivity contribution is 5.96. The predicted octanol–water partition coefficient (Wildman–Crippen LogP) is 4.16. The van der Waals surface area contributed by atoms with Gasteiger partial charge in [-0.05, 0) is 75.3 Å². The average Bonchev–Trinajstić information content (AvgIpc) is 2.94. The number of carbonyl (C=O) groups is 1. The van der Waals surface area contributed by atoms with Gasteiger partial charge in [-0.1, -0.05) is 18.2 Å². The maximum absolute atomic E-state index is 12.5. The van der Waals surface area contributed by atoms with Crippen LogP contribution in [-0.4, -0.2) is 22.5 Å². The van der Waals surface area contributed by atoms with Crippen LogP contribution in [0.4, 0.5) is 0 Å². The molecule has 0 spiro atoms. The molecule has 1 aliphatic heterocycles. The van der Waals surface area contributed by atoms with Crippen LogP contribution in [0, 0.1) is 23.2 Å². The molecule has 4 nitrogen and oxygen atoms in total. The van der Waals surface area contributed by atoms with Crippen molar-refractivity contribution in [1.29, 1.82) is 0 Å². The summed E-state index contributed by atoms with van der Waals surface area (Å²) < 4.78 is 6.55. The van der Waals surface area contributed by atoms with E-state index in [9.17, 15) is 4.79 Å². The van der Waals surface area contributed by atoms with Gasteiger partial charge in [0.05, 0.1) is 0 Å². The zero-order chi connectivity index (χ0) is 17.2. The minimum absolute atomic E-state index is 0.0239. The number of amides is 1. The molecule has 4 bridgehead atoms. The van der Waals surface area contributed by atoms with Crippen LogP contribution in [-0.2, 0) is 9.53 Å². The third-order valence-corrected chi connectivity index (χ3v) is 7.23. The minimum atomic E-state index is -0.653. The van der Waals surface area contributed by atoms with Crippen LogP contribution in [0.25, 0.3) is 0 Å². The van der Waals surface area contributed by atoms with E-state index in [0.717, 1.165) is 23.3 Å². The van der Waals surface area contributed by atoms with Gasteiger partial charge in [0.25, 0.3) is 0 Å². The quantitative estimate of drug-likeness (QED) is 0.812. The maximum Gasteiger partial charge on any atom is 0.243 e. The van der Waals surface area contributed by atoms with Crippen molar-refractivity contribution in [3.63, 3.8) is 0 Å². The Kier molecular flexibility index (Phi) is 3.14. The van der Waals surface area contributed by atoms with Crippen molar-refractivity contribution in [1.82, 2.24) is 5.01 Å². The van der Waals surface area contributed by atoms with Gasteiger partial charge in [-0.2, -0.15) is 5.01 Å². The van der Waals surface area contributed by atoms with E-state index in [0.29, 0.717) is 5.90 Å². The van der Waals surface area contributed by atoms with Crippen molar-refractivity contribution in [3.8, 4) is 0 Å². The Morgan fingerprint density at radius 2 is 1.64 bits per heavy atom. The lowest BCUT2D eigenvalue weighted by Gasteiger charge is -2.61. The molecule has 0 aromatic heterocycles. The van der Waals surface area contributed by atoms with Crippen LogP contribution in [0.3, 0.4) is 0 Å². The van der Waals surface area contributed by atoms with E-state index in [4.69, 9.17) is 4.74 Å². The first-order chi connectivity index (χ1) is 12.0. The minimum Gasteiger partial charge on any atom is -0.447 e. The second kappa shape index (κ2) is 5.09. The van der Waals surface area contributed by atoms with Crippen molar-refractivity contribution >= 4 is 11.8 Å². The lowest BCUT2D eigenvalue weighted by atomic mass is 9.47. The van der Waals surface area contributed by atoms with Gasteiger partial charge in [0, 0.05) is 17.9 Å². The summed E-state index contributed by atoms with van der Waals surface area (Å²) in [6, 6.07) is 9.96. The number of hydrazone groups is 1. The number of benzene rings is 1. The smallest absolute Gasteiger partial charge is 0.243 e. The molecule has 1 atom stereocenters. The first-order valence-electron chi connectivity index (χ1n) is 9.63. The van der Waals surface area contributed by atoms with Crippen LogP contribution in [0.15, 0.2) is 35.4 Å². The van der Waals surface area contributed by atoms with Crippen LogP contribution in [0.5, 0.6) is 0 Å². The second-order valence-electron chi connectivity index (χ2n) is 8.88. The Morgan fingerprint density at radius 3 is 2.16 bits per heavy atom. The molecule has 25 heavy (non-hydrogen) atoms. The molecule has 1 heterocycles. The summed E-state index contributed by atoms with van der Waals surface area (Å²) in [6.45, 7) is 3.72. The predicted molar refractivity (Wildman–Crippen MR) is 95.6 cm³/mol. The molecule has 5 aliphatic rings. The Hall–Kier alpha value is -1.84. The lowest BCUT2D eigenvalue weighted by molar-refractivity contribution is -0.216. The van der Waals surface area contributed by atoms with Gasteiger partial charge in [0.2, 0.25) is 17.5 Å². The first-order valence-corrected chi connectivity index (χ1v) is 9.63. The van der Waals surface area contributed by atoms with Gasteiger partial charge in [-0.3, -0.25) is 4.79 Å². The monoisotopic (exact) mass is 338 g/mol. The topological polar surface area (TPSA) is 41.9 Å². The van der Waals surface area contributed by atoms with Crippen LogP contribution < -0.4 is 0 Å². The molecule has 0 unspecified atom stereocenters. The number of ether oxygens (including phenoxy) is 1. The Balaban J connectivity index is 1.55. The molecule has 0 radical (unpaired) electrons. The van der Waals surface area contributed by atoms with Crippen molar-refractivity contribution in [3.05, 3.63) is 35.9 Å². The molecular formula is C21H26N2O2. The first kappa shape index (κ1) is 15.4. The summed E-state index contributed by atoms with van der Waals surface area (Å²) in [4.78, 5) is 12.5. The molecule has 6 rings (SSSR count). The summed E-state index contributed by atoms with van der Waals surface area (Å²) in [5.41, 5.74) is 0.343. The third-order valence-electron chi connectivity index (χ3n) is 7.23. The number of carbonyl (C=O) groups excluding carboxylic acids is 1. The Morgan fingerprint density at radius 1 is 1.08 bits per heavy atom. The largest absolute Gasteiger partial charge is 0.447 e. The van der Waals surface area contributed by atoms with E-state index in [1.54, 1.807) is 11.9 Å². The van der Waals surface area contributed by atoms with Crippen molar-refractivity contribution in [2.45, 2.75) is 58.1 Å². The van der Waals surface area contributed by atoms with E-state index in [1.165, 1.54) is 38.5 Å². The summed E-state index contributed by atoms with van der Waals surface area (Å²) in [7, 11) is 0. The molecule has 0 N–H and O–H groups in total. The highest BCUT2D eigenvalue weighted by atomic mass is 16.6. The van der Waals surface area contributed by atoms with Gasteiger partial charge in [-0.25, -0.2) is 0 Å². The molecule has 0 saturated heterocycles. The summed E-state index contributed by atoms with van der Waals surface area (Å²) >= 11 is 0. The fourth-order valence-electron chi connectivity index (χ4n) is 6.52. The summed E-state index contributed by atoms with van der Waals surface area (Å²) in [5, 5.41) is 6.30. The molecule has 1 aromatic carbocycles. The lowest BCUT2D eigenvalue weighted by Crippen LogP contribution is -2.63. The molecule has 4 saturated carbocycles. The fourth-order valence-corrected chi connectivity index (χ4v) is 6.52. The molecule has 4 fully saturated rings. The van der Waals surface area contributed by atoms with E-state index in [1.807, 2.05) is 30.3 Å². The summed E-state index contributed by atoms with van der Waals surface area (Å²) in [5.74, 6) is 2.99. The molecule has 132 valence electrons. The number of rotatable bonds is 2. The zero-order valence-electron chi connectivity index (χ0n) is 15.1. The van der Waals surface area contributed by atoms with Crippen LogP contribution >= 0.6 is 0 Å². The van der Waals surface area contributed by atoms with Gasteiger partial charge < -0.3 is 4.74 Å². The van der Waals surface area contributed by atoms with Crippen LogP contribution in [0.1, 0.15) is 57.9 Å². The summed E-state index contributed by atoms with van der Waals surface area (Å²) in [6.07, 6.45) is 7.66. The number of nitrogens with zero attached hydrogens (tertiary/aromatic N) is 2. The van der Waals surface area contributed by atoms with Crippen molar-refractivity contribution in [2.75, 3.05) is 0 Å². The highest BCUT2D eigenvalue weighted by Crippen LogP contribution is 2.65. The van der Waals surface area contributed by atoms with Gasteiger partial charge in [0.15, 0.2) is 0 Å². The molecular weight excluding hydrogens is 312 g/mol. The molecule has 4 heteroatoms. The second-order valence-corrected chi connectivity index (χ2v) is 8.88. The normalized spacial score (nSPS) is 41.6. The van der Waals surface area contributed by atoms with E-state index >= 15 is 0 Å². The Labute approximate surface area is 149 Å². The van der Waals surface area contributed by atoms with E-state index < -0.39 is 5.72 Å². The van der Waals surface area contributed by atoms with Crippen molar-refractivity contribution in [2.24, 2.45) is 28.3 Å². The van der Waals surface area contributed by atoms with Gasteiger partial charge in [0.1, 0.15) is 0 Å². The highest BCUT2D eigenvalue weighted by Gasteiger charge is 2.65. The average molecular weight is 338 g/mol. The van der Waals surface area contributed by atoms with E-state index in [-0.39, 0.29) is 11.3 Å². The standard InChI is InChI=1S/C21H26N2O2/c1-14(24)23-20(2,25-19(22-23)18-6-4-3-5-7-18)21-11-15-8-16(12-21)10-17(9-15)13-21/h3-7,15-17H,8-13H2,1-2H3/t15?,16?,17?,20-,21?/m1/s1.